The molecule has 0 aliphatic carbocycles. The molecular weight excluding hydrogens is 305 g/mol. The molecule has 1 N–H and O–H groups in total. The van der Waals surface area contributed by atoms with Crippen LogP contribution in [0.5, 0.6) is 5.75 Å². The number of hydrogen-bond donors (Lipinski definition) is 1. The average molecular weight is 337 g/mol. The van der Waals surface area contributed by atoms with Gasteiger partial charge in [0.1, 0.15) is 0 Å². The molecule has 1 aliphatic rings. The number of rotatable bonds is 7. The summed E-state index contributed by atoms with van der Waals surface area (Å²) in [6.45, 7) is 8.10. The molecule has 0 amide bonds. The Hall–Kier alpha value is -1.17. The second-order valence-electron chi connectivity index (χ2n) is 7.53. The number of hydrogen-bond acceptors (Lipinski definition) is 4. The van der Waals surface area contributed by atoms with Crippen LogP contribution >= 0.6 is 0 Å². The van der Waals surface area contributed by atoms with E-state index in [1.165, 1.54) is 20.0 Å². The van der Waals surface area contributed by atoms with Crippen LogP contribution in [0.4, 0.5) is 4.39 Å². The molecule has 4 nitrogen and oxygen atoms in total. The normalized spacial score (nSPS) is 17.5. The second-order valence-corrected chi connectivity index (χ2v) is 7.53. The maximum atomic E-state index is 14.2. The predicted octanol–water partition coefficient (Wildman–Crippen LogP) is 2.73. The minimum absolute atomic E-state index is 0.0621. The van der Waals surface area contributed by atoms with Crippen LogP contribution in [0.15, 0.2) is 18.2 Å². The summed E-state index contributed by atoms with van der Waals surface area (Å²) in [7, 11) is 5.82. The number of piperidine rings is 1. The molecule has 1 aromatic carbocycles. The van der Waals surface area contributed by atoms with E-state index in [0.717, 1.165) is 19.6 Å². The van der Waals surface area contributed by atoms with Crippen molar-refractivity contribution in [3.05, 3.63) is 29.6 Å². The minimum atomic E-state index is -0.267. The highest BCUT2D eigenvalue weighted by molar-refractivity contribution is 5.30. The zero-order valence-corrected chi connectivity index (χ0v) is 15.7. The smallest absolute Gasteiger partial charge is 0.169 e. The average Bonchev–Trinajstić information content (AvgIpc) is 2.56. The Morgan fingerprint density at radius 2 is 1.96 bits per heavy atom. The van der Waals surface area contributed by atoms with Crippen molar-refractivity contribution in [1.82, 2.24) is 15.1 Å². The van der Waals surface area contributed by atoms with E-state index in [2.05, 4.69) is 43.1 Å². The van der Waals surface area contributed by atoms with Crippen molar-refractivity contribution in [3.8, 4) is 5.75 Å². The number of nitrogens with one attached hydrogen (secondary N) is 1. The van der Waals surface area contributed by atoms with Crippen LogP contribution in [0.25, 0.3) is 0 Å². The fraction of sp³-hybridized carbons (Fsp3) is 0.684. The van der Waals surface area contributed by atoms with Crippen LogP contribution in [0.1, 0.15) is 32.3 Å². The Morgan fingerprint density at radius 1 is 1.29 bits per heavy atom. The highest BCUT2D eigenvalue weighted by Crippen LogP contribution is 2.23. The van der Waals surface area contributed by atoms with Gasteiger partial charge in [-0.05, 0) is 46.9 Å². The van der Waals surface area contributed by atoms with E-state index >= 15 is 0 Å². The Balaban J connectivity index is 1.85. The molecule has 136 valence electrons. The number of methoxy groups -OCH3 is 1. The summed E-state index contributed by atoms with van der Waals surface area (Å²) in [5.74, 6) is 0.0384. The van der Waals surface area contributed by atoms with Gasteiger partial charge in [0.15, 0.2) is 11.6 Å². The lowest BCUT2D eigenvalue weighted by Gasteiger charge is -2.44. The maximum Gasteiger partial charge on any atom is 0.169 e. The molecule has 0 saturated carbocycles. The molecule has 1 fully saturated rings. The monoisotopic (exact) mass is 337 g/mol. The predicted molar refractivity (Wildman–Crippen MR) is 97.0 cm³/mol. The molecule has 1 heterocycles. The van der Waals surface area contributed by atoms with Gasteiger partial charge < -0.3 is 15.0 Å². The third-order valence-electron chi connectivity index (χ3n) is 5.19. The molecule has 0 radical (unpaired) electrons. The van der Waals surface area contributed by atoms with E-state index in [1.54, 1.807) is 12.1 Å². The third-order valence-corrected chi connectivity index (χ3v) is 5.19. The summed E-state index contributed by atoms with van der Waals surface area (Å²) < 4.78 is 19.2. The molecule has 2 rings (SSSR count). The van der Waals surface area contributed by atoms with Crippen LogP contribution in [-0.4, -0.2) is 62.2 Å². The summed E-state index contributed by atoms with van der Waals surface area (Å²) in [5, 5.41) is 3.42. The largest absolute Gasteiger partial charge is 0.494 e. The molecular formula is C19H32FN3O. The second kappa shape index (κ2) is 8.28. The van der Waals surface area contributed by atoms with Crippen molar-refractivity contribution in [3.63, 3.8) is 0 Å². The summed E-state index contributed by atoms with van der Waals surface area (Å²) >= 11 is 0. The van der Waals surface area contributed by atoms with Crippen LogP contribution < -0.4 is 10.1 Å². The highest BCUT2D eigenvalue weighted by atomic mass is 19.1. The first kappa shape index (κ1) is 19.2. The number of likely N-dealkylation sites (tertiary alicyclic amines) is 1. The lowest BCUT2D eigenvalue weighted by Crippen LogP contribution is -2.55. The lowest BCUT2D eigenvalue weighted by molar-refractivity contribution is 0.0616. The van der Waals surface area contributed by atoms with Crippen LogP contribution in [0, 0.1) is 5.82 Å². The van der Waals surface area contributed by atoms with Gasteiger partial charge in [-0.2, -0.15) is 0 Å². The van der Waals surface area contributed by atoms with Crippen molar-refractivity contribution >= 4 is 0 Å². The van der Waals surface area contributed by atoms with Gasteiger partial charge in [-0.15, -0.1) is 0 Å². The summed E-state index contributed by atoms with van der Waals surface area (Å²) in [6.07, 6.45) is 2.42. The SMILES string of the molecule is COc1cccc(CNCC(C)(C)N2CCC(N(C)C)CC2)c1F. The van der Waals surface area contributed by atoms with E-state index in [4.69, 9.17) is 4.74 Å². The lowest BCUT2D eigenvalue weighted by atomic mass is 9.95. The first-order chi connectivity index (χ1) is 11.3. The molecule has 5 heteroatoms. The van der Waals surface area contributed by atoms with E-state index in [9.17, 15) is 4.39 Å². The number of nitrogens with zero attached hydrogens (tertiary/aromatic N) is 2. The van der Waals surface area contributed by atoms with Gasteiger partial charge >= 0.3 is 0 Å². The summed E-state index contributed by atoms with van der Waals surface area (Å²) in [6, 6.07) is 5.98. The molecule has 0 atom stereocenters. The van der Waals surface area contributed by atoms with Gasteiger partial charge in [-0.1, -0.05) is 12.1 Å². The van der Waals surface area contributed by atoms with Crippen molar-refractivity contribution in [2.24, 2.45) is 0 Å². The van der Waals surface area contributed by atoms with Gasteiger partial charge in [0.2, 0.25) is 0 Å². The highest BCUT2D eigenvalue weighted by Gasteiger charge is 2.30. The zero-order chi connectivity index (χ0) is 17.7. The van der Waals surface area contributed by atoms with Crippen molar-refractivity contribution in [2.75, 3.05) is 40.8 Å². The minimum Gasteiger partial charge on any atom is -0.494 e. The van der Waals surface area contributed by atoms with Gasteiger partial charge in [-0.3, -0.25) is 4.90 Å². The van der Waals surface area contributed by atoms with Crippen LogP contribution in [0.3, 0.4) is 0 Å². The van der Waals surface area contributed by atoms with Crippen molar-refractivity contribution in [2.45, 2.75) is 44.8 Å². The van der Waals surface area contributed by atoms with Gasteiger partial charge in [0, 0.05) is 43.3 Å². The van der Waals surface area contributed by atoms with E-state index in [0.29, 0.717) is 23.9 Å². The molecule has 1 aromatic rings. The fourth-order valence-corrected chi connectivity index (χ4v) is 3.45. The molecule has 0 spiro atoms. The summed E-state index contributed by atoms with van der Waals surface area (Å²) in [4.78, 5) is 4.87. The van der Waals surface area contributed by atoms with Crippen LogP contribution in [-0.2, 0) is 6.54 Å². The molecule has 1 saturated heterocycles. The van der Waals surface area contributed by atoms with E-state index in [-0.39, 0.29) is 11.4 Å². The fourth-order valence-electron chi connectivity index (χ4n) is 3.45. The van der Waals surface area contributed by atoms with Gasteiger partial charge in [0.25, 0.3) is 0 Å². The quantitative estimate of drug-likeness (QED) is 0.828. The number of ether oxygens (including phenoxy) is 1. The zero-order valence-electron chi connectivity index (χ0n) is 15.7. The molecule has 0 aromatic heterocycles. The standard InChI is InChI=1S/C19H32FN3O/c1-19(2,23-11-9-16(10-12-23)22(3)4)14-21-13-15-7-6-8-17(24-5)18(15)20/h6-8,16,21H,9-14H2,1-5H3. The Morgan fingerprint density at radius 3 is 2.54 bits per heavy atom. The topological polar surface area (TPSA) is 27.7 Å². The third kappa shape index (κ3) is 4.68. The molecule has 1 aliphatic heterocycles. The molecule has 24 heavy (non-hydrogen) atoms. The first-order valence-corrected chi connectivity index (χ1v) is 8.78. The maximum absolute atomic E-state index is 14.2. The van der Waals surface area contributed by atoms with Gasteiger partial charge in [0.05, 0.1) is 7.11 Å². The Labute approximate surface area is 146 Å². The van der Waals surface area contributed by atoms with E-state index in [1.807, 2.05) is 6.07 Å². The molecule has 0 unspecified atom stereocenters. The number of halogens is 1. The van der Waals surface area contributed by atoms with Crippen molar-refractivity contribution in [1.29, 1.82) is 0 Å². The van der Waals surface area contributed by atoms with Gasteiger partial charge in [-0.25, -0.2) is 4.39 Å². The van der Waals surface area contributed by atoms with E-state index < -0.39 is 0 Å². The first-order valence-electron chi connectivity index (χ1n) is 8.78. The Kier molecular flexibility index (Phi) is 6.61. The summed E-state index contributed by atoms with van der Waals surface area (Å²) in [5.41, 5.74) is 0.712. The van der Waals surface area contributed by atoms with Crippen LogP contribution in [0.2, 0.25) is 0 Å². The Bertz CT molecular complexity index is 525. The molecule has 0 bridgehead atoms. The number of benzene rings is 1. The van der Waals surface area contributed by atoms with Crippen molar-refractivity contribution < 1.29 is 9.13 Å².